The Bertz CT molecular complexity index is 397. The van der Waals surface area contributed by atoms with Gasteiger partial charge in [-0.15, -0.1) is 0 Å². The van der Waals surface area contributed by atoms with Crippen molar-refractivity contribution in [3.63, 3.8) is 0 Å². The van der Waals surface area contributed by atoms with Gasteiger partial charge in [0.25, 0.3) is 0 Å². The number of hydrogen-bond acceptors (Lipinski definition) is 3. The monoisotopic (exact) mass is 270 g/mol. The SMILES string of the molecule is CCCNC(=O)CCNc1ccc(OC)c(Cl)c1. The van der Waals surface area contributed by atoms with Gasteiger partial charge in [0.05, 0.1) is 12.1 Å². The third kappa shape index (κ3) is 4.84. The number of carbonyl (C=O) groups is 1. The van der Waals surface area contributed by atoms with Gasteiger partial charge in [-0.1, -0.05) is 18.5 Å². The van der Waals surface area contributed by atoms with E-state index in [0.717, 1.165) is 18.7 Å². The van der Waals surface area contributed by atoms with Gasteiger partial charge >= 0.3 is 0 Å². The van der Waals surface area contributed by atoms with Crippen molar-refractivity contribution in [2.45, 2.75) is 19.8 Å². The molecule has 0 aliphatic heterocycles. The van der Waals surface area contributed by atoms with Gasteiger partial charge in [-0.25, -0.2) is 0 Å². The number of amides is 1. The first-order valence-corrected chi connectivity index (χ1v) is 6.39. The van der Waals surface area contributed by atoms with E-state index in [1.165, 1.54) is 0 Å². The Hall–Kier alpha value is -1.42. The standard InChI is InChI=1S/C13H19ClN2O2/c1-3-7-16-13(17)6-8-15-10-4-5-12(18-2)11(14)9-10/h4-5,9,15H,3,6-8H2,1-2H3,(H,16,17). The van der Waals surface area contributed by atoms with Gasteiger partial charge in [0.1, 0.15) is 5.75 Å². The molecule has 5 heteroatoms. The lowest BCUT2D eigenvalue weighted by molar-refractivity contribution is -0.120. The van der Waals surface area contributed by atoms with Crippen LogP contribution < -0.4 is 15.4 Å². The number of rotatable bonds is 7. The fraction of sp³-hybridized carbons (Fsp3) is 0.462. The summed E-state index contributed by atoms with van der Waals surface area (Å²) in [4.78, 5) is 11.4. The van der Waals surface area contributed by atoms with Crippen LogP contribution in [0.25, 0.3) is 0 Å². The molecule has 0 radical (unpaired) electrons. The molecule has 1 aromatic carbocycles. The predicted octanol–water partition coefficient (Wildman–Crippen LogP) is 2.68. The number of methoxy groups -OCH3 is 1. The summed E-state index contributed by atoms with van der Waals surface area (Å²) < 4.78 is 5.06. The summed E-state index contributed by atoms with van der Waals surface area (Å²) in [7, 11) is 1.58. The van der Waals surface area contributed by atoms with Crippen LogP contribution in [0.3, 0.4) is 0 Å². The third-order valence-corrected chi connectivity index (χ3v) is 2.70. The molecule has 2 N–H and O–H groups in total. The van der Waals surface area contributed by atoms with Gasteiger partial charge in [0, 0.05) is 25.2 Å². The quantitative estimate of drug-likeness (QED) is 0.801. The summed E-state index contributed by atoms with van der Waals surface area (Å²) in [6.07, 6.45) is 1.40. The van der Waals surface area contributed by atoms with Crippen LogP contribution in [-0.4, -0.2) is 26.1 Å². The molecule has 0 saturated carbocycles. The molecule has 0 heterocycles. The molecule has 0 atom stereocenters. The molecule has 0 aromatic heterocycles. The van der Waals surface area contributed by atoms with Gasteiger partial charge in [0.15, 0.2) is 0 Å². The number of ether oxygens (including phenoxy) is 1. The van der Waals surface area contributed by atoms with Gasteiger partial charge in [-0.05, 0) is 24.6 Å². The van der Waals surface area contributed by atoms with Gasteiger partial charge in [-0.2, -0.15) is 0 Å². The minimum Gasteiger partial charge on any atom is -0.495 e. The van der Waals surface area contributed by atoms with Crippen molar-refractivity contribution in [2.24, 2.45) is 0 Å². The first-order valence-electron chi connectivity index (χ1n) is 6.01. The highest BCUT2D eigenvalue weighted by atomic mass is 35.5. The Morgan fingerprint density at radius 3 is 2.78 bits per heavy atom. The van der Waals surface area contributed by atoms with Gasteiger partial charge in [-0.3, -0.25) is 4.79 Å². The number of halogens is 1. The second kappa shape index (κ2) is 7.82. The zero-order chi connectivity index (χ0) is 13.4. The highest BCUT2D eigenvalue weighted by Crippen LogP contribution is 2.26. The van der Waals surface area contributed by atoms with Crippen molar-refractivity contribution < 1.29 is 9.53 Å². The zero-order valence-electron chi connectivity index (χ0n) is 10.8. The second-order valence-electron chi connectivity index (χ2n) is 3.88. The Morgan fingerprint density at radius 1 is 1.39 bits per heavy atom. The molecular weight excluding hydrogens is 252 g/mol. The Kier molecular flexibility index (Phi) is 6.36. The largest absolute Gasteiger partial charge is 0.495 e. The van der Waals surface area contributed by atoms with E-state index >= 15 is 0 Å². The third-order valence-electron chi connectivity index (χ3n) is 2.41. The first kappa shape index (κ1) is 14.6. The smallest absolute Gasteiger partial charge is 0.221 e. The van der Waals surface area contributed by atoms with Crippen molar-refractivity contribution in [3.05, 3.63) is 23.2 Å². The zero-order valence-corrected chi connectivity index (χ0v) is 11.5. The summed E-state index contributed by atoms with van der Waals surface area (Å²) in [6, 6.07) is 5.45. The van der Waals surface area contributed by atoms with E-state index in [1.54, 1.807) is 19.2 Å². The molecule has 18 heavy (non-hydrogen) atoms. The van der Waals surface area contributed by atoms with Crippen molar-refractivity contribution in [1.82, 2.24) is 5.32 Å². The highest BCUT2D eigenvalue weighted by molar-refractivity contribution is 6.32. The lowest BCUT2D eigenvalue weighted by Crippen LogP contribution is -2.25. The molecule has 0 bridgehead atoms. The maximum Gasteiger partial charge on any atom is 0.221 e. The molecule has 1 amide bonds. The molecule has 0 saturated heterocycles. The summed E-state index contributed by atoms with van der Waals surface area (Å²) in [6.45, 7) is 3.34. The molecule has 0 aliphatic rings. The Balaban J connectivity index is 2.35. The minimum absolute atomic E-state index is 0.0592. The van der Waals surface area contributed by atoms with Crippen LogP contribution in [0.15, 0.2) is 18.2 Å². The van der Waals surface area contributed by atoms with Crippen molar-refractivity contribution >= 4 is 23.2 Å². The lowest BCUT2D eigenvalue weighted by Gasteiger charge is -2.09. The topological polar surface area (TPSA) is 50.4 Å². The Morgan fingerprint density at radius 2 is 2.17 bits per heavy atom. The molecular formula is C13H19ClN2O2. The number of carbonyl (C=O) groups excluding carboxylic acids is 1. The van der Waals surface area contributed by atoms with Crippen molar-refractivity contribution in [1.29, 1.82) is 0 Å². The number of anilines is 1. The number of hydrogen-bond donors (Lipinski definition) is 2. The first-order chi connectivity index (χ1) is 8.67. The van der Waals surface area contributed by atoms with E-state index in [2.05, 4.69) is 10.6 Å². The maximum atomic E-state index is 11.4. The van der Waals surface area contributed by atoms with E-state index in [-0.39, 0.29) is 5.91 Å². The molecule has 0 fully saturated rings. The fourth-order valence-corrected chi connectivity index (χ4v) is 1.71. The number of nitrogens with one attached hydrogen (secondary N) is 2. The van der Waals surface area contributed by atoms with E-state index in [1.807, 2.05) is 13.0 Å². The summed E-state index contributed by atoms with van der Waals surface area (Å²) in [5, 5.41) is 6.52. The fourth-order valence-electron chi connectivity index (χ4n) is 1.45. The van der Waals surface area contributed by atoms with Gasteiger partial charge < -0.3 is 15.4 Å². The van der Waals surface area contributed by atoms with Gasteiger partial charge in [0.2, 0.25) is 5.91 Å². The average molecular weight is 271 g/mol. The van der Waals surface area contributed by atoms with E-state index in [0.29, 0.717) is 23.7 Å². The highest BCUT2D eigenvalue weighted by Gasteiger charge is 2.03. The predicted molar refractivity (Wildman–Crippen MR) is 74.4 cm³/mol. The molecule has 0 aliphatic carbocycles. The molecule has 100 valence electrons. The normalized spacial score (nSPS) is 9.94. The van der Waals surface area contributed by atoms with Crippen LogP contribution in [0, 0.1) is 0 Å². The average Bonchev–Trinajstić information content (AvgIpc) is 2.36. The molecule has 1 rings (SSSR count). The van der Waals surface area contributed by atoms with Crippen LogP contribution in [-0.2, 0) is 4.79 Å². The maximum absolute atomic E-state index is 11.4. The molecule has 0 unspecified atom stereocenters. The van der Waals surface area contributed by atoms with Crippen LogP contribution in [0.4, 0.5) is 5.69 Å². The van der Waals surface area contributed by atoms with Crippen LogP contribution in [0.5, 0.6) is 5.75 Å². The minimum atomic E-state index is 0.0592. The number of benzene rings is 1. The molecule has 0 spiro atoms. The molecule has 1 aromatic rings. The summed E-state index contributed by atoms with van der Waals surface area (Å²) in [5.74, 6) is 0.701. The van der Waals surface area contributed by atoms with E-state index < -0.39 is 0 Å². The van der Waals surface area contributed by atoms with Crippen molar-refractivity contribution in [2.75, 3.05) is 25.5 Å². The molecule has 4 nitrogen and oxygen atoms in total. The van der Waals surface area contributed by atoms with Crippen LogP contribution in [0.1, 0.15) is 19.8 Å². The van der Waals surface area contributed by atoms with Crippen LogP contribution in [0.2, 0.25) is 5.02 Å². The summed E-state index contributed by atoms with van der Waals surface area (Å²) in [5.41, 5.74) is 0.879. The van der Waals surface area contributed by atoms with E-state index in [9.17, 15) is 4.79 Å². The lowest BCUT2D eigenvalue weighted by atomic mass is 10.3. The van der Waals surface area contributed by atoms with E-state index in [4.69, 9.17) is 16.3 Å². The van der Waals surface area contributed by atoms with Crippen molar-refractivity contribution in [3.8, 4) is 5.75 Å². The summed E-state index contributed by atoms with van der Waals surface area (Å²) >= 11 is 6.00. The Labute approximate surface area is 113 Å². The second-order valence-corrected chi connectivity index (χ2v) is 4.28. The van der Waals surface area contributed by atoms with Crippen LogP contribution >= 0.6 is 11.6 Å².